The molecule has 1 aliphatic heterocycles. The molecule has 1 fully saturated rings. The molecule has 1 saturated heterocycles. The average molecular weight is 641 g/mol. The average Bonchev–Trinajstić information content (AvgIpc) is 3.29. The minimum atomic E-state index is -4.68. The molecular weight excluding hydrogens is 611 g/mol. The number of thiophene rings is 1. The fourth-order valence-electron chi connectivity index (χ4n) is 4.22. The van der Waals surface area contributed by atoms with Crippen molar-refractivity contribution in [2.24, 2.45) is 5.41 Å². The first-order chi connectivity index (χ1) is 19.5. The van der Waals surface area contributed by atoms with E-state index in [2.05, 4.69) is 15.4 Å². The second-order valence-corrected chi connectivity index (χ2v) is 12.3. The van der Waals surface area contributed by atoms with Crippen molar-refractivity contribution in [2.45, 2.75) is 39.6 Å². The Balaban J connectivity index is 1.91. The lowest BCUT2D eigenvalue weighted by Crippen LogP contribution is -2.55. The monoisotopic (exact) mass is 640 g/mol. The molecule has 2 aromatic rings. The van der Waals surface area contributed by atoms with E-state index in [1.54, 1.807) is 20.8 Å². The third kappa shape index (κ3) is 10.1. The van der Waals surface area contributed by atoms with Gasteiger partial charge in [0.15, 0.2) is 5.75 Å². The highest BCUT2D eigenvalue weighted by Gasteiger charge is 2.38. The molecule has 0 saturated carbocycles. The number of benzene rings is 1. The Morgan fingerprint density at radius 3 is 2.45 bits per heavy atom. The molecule has 9 nitrogen and oxygen atoms in total. The summed E-state index contributed by atoms with van der Waals surface area (Å²) in [5.41, 5.74) is -0.754. The van der Waals surface area contributed by atoms with Gasteiger partial charge in [-0.15, -0.1) is 11.3 Å². The molecule has 0 unspecified atom stereocenters. The number of halogens is 6. The van der Waals surface area contributed by atoms with Gasteiger partial charge < -0.3 is 25.0 Å². The molecule has 2 N–H and O–H groups in total. The van der Waals surface area contributed by atoms with Gasteiger partial charge in [-0.05, 0) is 29.7 Å². The highest BCUT2D eigenvalue weighted by atomic mass is 35.5. The number of carbonyl (C=O) groups excluding carboxylic acids is 3. The number of alkyl halides is 5. The van der Waals surface area contributed by atoms with Crippen LogP contribution in [0.3, 0.4) is 0 Å². The first-order valence-electron chi connectivity index (χ1n) is 12.6. The standard InChI is InChI=1S/C26H30ClF5N4O5S/c1-25(2,3)13-35(14-26(30,31)32)17(11-33-23(39)19-6-7-20(27)42-19)22(38)34-15-4-5-16(18(10-15)41-24(28)29)36-8-9-40-12-21(36)37/h4-7,10,17,24H,8-9,11-14H2,1-3H3,(H,33,39)(H,34,38)/t17-/m0/s1. The highest BCUT2D eigenvalue weighted by Crippen LogP contribution is 2.34. The zero-order valence-corrected chi connectivity index (χ0v) is 24.5. The molecule has 1 atom stereocenters. The summed E-state index contributed by atoms with van der Waals surface area (Å²) in [6.45, 7) is -0.371. The molecule has 3 amide bonds. The number of nitrogens with zero attached hydrogens (tertiary/aromatic N) is 2. The molecule has 0 radical (unpaired) electrons. The quantitative estimate of drug-likeness (QED) is 0.335. The summed E-state index contributed by atoms with van der Waals surface area (Å²) < 4.78 is 77.3. The number of amides is 3. The lowest BCUT2D eigenvalue weighted by Gasteiger charge is -2.36. The number of hydrogen-bond donors (Lipinski definition) is 2. The van der Waals surface area contributed by atoms with Gasteiger partial charge in [-0.2, -0.15) is 22.0 Å². The van der Waals surface area contributed by atoms with E-state index in [4.69, 9.17) is 16.3 Å². The zero-order valence-electron chi connectivity index (χ0n) is 22.9. The Hall–Kier alpha value is -3.01. The van der Waals surface area contributed by atoms with Crippen molar-refractivity contribution in [3.63, 3.8) is 0 Å². The van der Waals surface area contributed by atoms with Crippen molar-refractivity contribution in [1.82, 2.24) is 10.2 Å². The Bertz CT molecular complexity index is 1250. The number of carbonyl (C=O) groups is 3. The molecule has 2 heterocycles. The maximum atomic E-state index is 13.6. The van der Waals surface area contributed by atoms with Crippen molar-refractivity contribution in [1.29, 1.82) is 0 Å². The topological polar surface area (TPSA) is 100 Å². The van der Waals surface area contributed by atoms with E-state index >= 15 is 0 Å². The Kier molecular flexibility index (Phi) is 11.1. The second-order valence-electron chi connectivity index (χ2n) is 10.6. The number of anilines is 2. The molecule has 0 aliphatic carbocycles. The van der Waals surface area contributed by atoms with Crippen LogP contribution in [0.4, 0.5) is 33.3 Å². The molecule has 0 bridgehead atoms. The van der Waals surface area contributed by atoms with Crippen molar-refractivity contribution in [2.75, 3.05) is 49.6 Å². The van der Waals surface area contributed by atoms with Gasteiger partial charge >= 0.3 is 12.8 Å². The van der Waals surface area contributed by atoms with Crippen LogP contribution in [0.15, 0.2) is 30.3 Å². The van der Waals surface area contributed by atoms with Gasteiger partial charge in [-0.1, -0.05) is 32.4 Å². The fraction of sp³-hybridized carbons (Fsp3) is 0.500. The van der Waals surface area contributed by atoms with Crippen LogP contribution in [-0.2, 0) is 14.3 Å². The normalized spacial score (nSPS) is 15.2. The lowest BCUT2D eigenvalue weighted by atomic mass is 9.95. The summed E-state index contributed by atoms with van der Waals surface area (Å²) in [6.07, 6.45) is -4.68. The van der Waals surface area contributed by atoms with E-state index in [1.165, 1.54) is 29.2 Å². The van der Waals surface area contributed by atoms with E-state index in [0.717, 1.165) is 22.3 Å². The van der Waals surface area contributed by atoms with Gasteiger partial charge in [0.2, 0.25) is 5.91 Å². The summed E-state index contributed by atoms with van der Waals surface area (Å²) in [7, 11) is 0. The molecule has 3 rings (SSSR count). The molecule has 1 aliphatic rings. The Morgan fingerprint density at radius 1 is 1.17 bits per heavy atom. The predicted octanol–water partition coefficient (Wildman–Crippen LogP) is 5.01. The maximum Gasteiger partial charge on any atom is 0.401 e. The molecule has 0 spiro atoms. The van der Waals surface area contributed by atoms with E-state index < -0.39 is 60.8 Å². The maximum absolute atomic E-state index is 13.6. The summed E-state index contributed by atoms with van der Waals surface area (Å²) in [4.78, 5) is 40.7. The third-order valence-corrected chi connectivity index (χ3v) is 7.01. The van der Waals surface area contributed by atoms with Crippen LogP contribution in [0.2, 0.25) is 4.34 Å². The summed E-state index contributed by atoms with van der Waals surface area (Å²) >= 11 is 6.83. The van der Waals surface area contributed by atoms with Gasteiger partial charge in [0.1, 0.15) is 12.6 Å². The Labute approximate surface area is 247 Å². The van der Waals surface area contributed by atoms with E-state index in [-0.39, 0.29) is 42.6 Å². The second kappa shape index (κ2) is 14.0. The van der Waals surface area contributed by atoms with E-state index in [0.29, 0.717) is 4.34 Å². The molecule has 1 aromatic carbocycles. The fourth-order valence-corrected chi connectivity index (χ4v) is 5.18. The summed E-state index contributed by atoms with van der Waals surface area (Å²) in [6, 6.07) is 5.01. The molecule has 1 aromatic heterocycles. The zero-order chi connectivity index (χ0) is 31.2. The predicted molar refractivity (Wildman–Crippen MR) is 147 cm³/mol. The van der Waals surface area contributed by atoms with Crippen molar-refractivity contribution in [3.05, 3.63) is 39.5 Å². The van der Waals surface area contributed by atoms with Crippen molar-refractivity contribution >= 4 is 52.0 Å². The van der Waals surface area contributed by atoms with Crippen molar-refractivity contribution < 1.29 is 45.8 Å². The molecule has 42 heavy (non-hydrogen) atoms. The summed E-state index contributed by atoms with van der Waals surface area (Å²) in [5.74, 6) is -2.50. The largest absolute Gasteiger partial charge is 0.433 e. The first kappa shape index (κ1) is 33.5. The number of nitrogens with one attached hydrogen (secondary N) is 2. The Morgan fingerprint density at radius 2 is 1.88 bits per heavy atom. The minimum absolute atomic E-state index is 0.00597. The van der Waals surface area contributed by atoms with Crippen LogP contribution in [0.1, 0.15) is 30.4 Å². The first-order valence-corrected chi connectivity index (χ1v) is 13.8. The molecule has 16 heteroatoms. The van der Waals surface area contributed by atoms with Crippen molar-refractivity contribution in [3.8, 4) is 5.75 Å². The SMILES string of the molecule is CC(C)(C)CN(CC(F)(F)F)[C@@H](CNC(=O)c1ccc(Cl)s1)C(=O)Nc1ccc(N2CCOCC2=O)c(OC(F)F)c1. The van der Waals surface area contributed by atoms with Gasteiger partial charge in [0.05, 0.1) is 28.1 Å². The number of rotatable bonds is 11. The van der Waals surface area contributed by atoms with Gasteiger partial charge in [-0.3, -0.25) is 19.3 Å². The number of ether oxygens (including phenoxy) is 2. The molecule has 232 valence electrons. The third-order valence-electron chi connectivity index (χ3n) is 5.78. The highest BCUT2D eigenvalue weighted by molar-refractivity contribution is 7.18. The minimum Gasteiger partial charge on any atom is -0.433 e. The van der Waals surface area contributed by atoms with Gasteiger partial charge in [0, 0.05) is 31.4 Å². The van der Waals surface area contributed by atoms with Crippen LogP contribution in [0.25, 0.3) is 0 Å². The van der Waals surface area contributed by atoms with E-state index in [1.807, 2.05) is 0 Å². The van der Waals surface area contributed by atoms with Gasteiger partial charge in [-0.25, -0.2) is 0 Å². The van der Waals surface area contributed by atoms with E-state index in [9.17, 15) is 36.3 Å². The number of morpholine rings is 1. The number of hydrogen-bond acceptors (Lipinski definition) is 7. The van der Waals surface area contributed by atoms with Crippen LogP contribution in [0, 0.1) is 5.41 Å². The van der Waals surface area contributed by atoms with Crippen LogP contribution < -0.4 is 20.3 Å². The lowest BCUT2D eigenvalue weighted by molar-refractivity contribution is -0.156. The van der Waals surface area contributed by atoms with Crippen LogP contribution in [0.5, 0.6) is 5.75 Å². The smallest absolute Gasteiger partial charge is 0.401 e. The molecular formula is C26H30ClF5N4O5S. The summed E-state index contributed by atoms with van der Waals surface area (Å²) in [5, 5.41) is 4.93. The van der Waals surface area contributed by atoms with Gasteiger partial charge in [0.25, 0.3) is 11.8 Å². The van der Waals surface area contributed by atoms with Crippen LogP contribution >= 0.6 is 22.9 Å². The van der Waals surface area contributed by atoms with Crippen LogP contribution in [-0.4, -0.2) is 80.8 Å².